The average molecular weight is 187 g/mol. The summed E-state index contributed by atoms with van der Waals surface area (Å²) in [5.41, 5.74) is 2.52. The molecule has 1 aliphatic heterocycles. The monoisotopic (exact) mass is 187 g/mol. The Kier molecular flexibility index (Phi) is 1.63. The van der Waals surface area contributed by atoms with Gasteiger partial charge in [0, 0.05) is 12.1 Å². The van der Waals surface area contributed by atoms with Crippen molar-refractivity contribution in [1.29, 1.82) is 0 Å². The quantitative estimate of drug-likeness (QED) is 0.673. The van der Waals surface area contributed by atoms with Crippen molar-refractivity contribution in [2.45, 2.75) is 25.3 Å². The van der Waals surface area contributed by atoms with Gasteiger partial charge in [-0.05, 0) is 30.4 Å². The molecular formula is C12H13NO. The minimum Gasteiger partial charge on any atom is -0.375 e. The molecule has 0 saturated heterocycles. The standard InChI is InChI=1S/C12H13NO/c14-11-6-5-9-7-8-3-1-2-4-10(8)13-12(9)11/h1-4,9,12-13H,5-7H2. The van der Waals surface area contributed by atoms with Crippen LogP contribution in [0.25, 0.3) is 0 Å². The number of carbonyl (C=O) groups is 1. The van der Waals surface area contributed by atoms with Crippen LogP contribution in [0.4, 0.5) is 5.69 Å². The number of hydrogen-bond donors (Lipinski definition) is 1. The number of hydrogen-bond acceptors (Lipinski definition) is 2. The third-order valence-corrected chi connectivity index (χ3v) is 3.39. The minimum atomic E-state index is 0.102. The van der Waals surface area contributed by atoms with E-state index < -0.39 is 0 Å². The molecule has 1 aliphatic carbocycles. The van der Waals surface area contributed by atoms with Crippen LogP contribution in [0.3, 0.4) is 0 Å². The Labute approximate surface area is 83.3 Å². The maximum Gasteiger partial charge on any atom is 0.155 e. The van der Waals surface area contributed by atoms with E-state index >= 15 is 0 Å². The second-order valence-corrected chi connectivity index (χ2v) is 4.25. The van der Waals surface area contributed by atoms with Crippen molar-refractivity contribution in [3.05, 3.63) is 29.8 Å². The molecule has 2 aliphatic rings. The second-order valence-electron chi connectivity index (χ2n) is 4.25. The van der Waals surface area contributed by atoms with E-state index in [1.165, 1.54) is 5.56 Å². The Hall–Kier alpha value is -1.31. The SMILES string of the molecule is O=C1CCC2Cc3ccccc3NC12. The van der Waals surface area contributed by atoms with Crippen molar-refractivity contribution in [1.82, 2.24) is 0 Å². The molecule has 0 bridgehead atoms. The summed E-state index contributed by atoms with van der Waals surface area (Å²) < 4.78 is 0. The highest BCUT2D eigenvalue weighted by Crippen LogP contribution is 2.35. The molecule has 1 aromatic carbocycles. The number of rotatable bonds is 0. The summed E-state index contributed by atoms with van der Waals surface area (Å²) in [5, 5.41) is 3.36. The highest BCUT2D eigenvalue weighted by atomic mass is 16.1. The van der Waals surface area contributed by atoms with E-state index in [9.17, 15) is 4.79 Å². The van der Waals surface area contributed by atoms with Gasteiger partial charge in [0.2, 0.25) is 0 Å². The van der Waals surface area contributed by atoms with Crippen LogP contribution in [0, 0.1) is 5.92 Å². The van der Waals surface area contributed by atoms with Crippen LogP contribution in [0.2, 0.25) is 0 Å². The van der Waals surface area contributed by atoms with Gasteiger partial charge in [-0.1, -0.05) is 18.2 Å². The average Bonchev–Trinajstić information content (AvgIpc) is 2.57. The zero-order valence-corrected chi connectivity index (χ0v) is 7.99. The van der Waals surface area contributed by atoms with Gasteiger partial charge < -0.3 is 5.32 Å². The molecule has 1 heterocycles. The lowest BCUT2D eigenvalue weighted by Gasteiger charge is -2.28. The van der Waals surface area contributed by atoms with Crippen molar-refractivity contribution < 1.29 is 4.79 Å². The van der Waals surface area contributed by atoms with E-state index in [0.29, 0.717) is 11.7 Å². The molecule has 3 rings (SSSR count). The zero-order valence-electron chi connectivity index (χ0n) is 7.99. The van der Waals surface area contributed by atoms with Crippen molar-refractivity contribution in [3.8, 4) is 0 Å². The molecule has 2 nitrogen and oxygen atoms in total. The molecule has 1 N–H and O–H groups in total. The molecular weight excluding hydrogens is 174 g/mol. The van der Waals surface area contributed by atoms with E-state index in [1.54, 1.807) is 0 Å². The number of Topliss-reactive ketones (excluding diaryl/α,β-unsaturated/α-hetero) is 1. The lowest BCUT2D eigenvalue weighted by atomic mass is 9.89. The van der Waals surface area contributed by atoms with Crippen LogP contribution in [0.1, 0.15) is 18.4 Å². The van der Waals surface area contributed by atoms with Gasteiger partial charge in [0.1, 0.15) is 0 Å². The van der Waals surface area contributed by atoms with E-state index in [0.717, 1.165) is 24.9 Å². The van der Waals surface area contributed by atoms with Crippen LogP contribution < -0.4 is 5.32 Å². The molecule has 2 unspecified atom stereocenters. The number of ketones is 1. The van der Waals surface area contributed by atoms with Crippen LogP contribution >= 0.6 is 0 Å². The Balaban J connectivity index is 1.99. The second kappa shape index (κ2) is 2.84. The fourth-order valence-corrected chi connectivity index (χ4v) is 2.62. The minimum absolute atomic E-state index is 0.102. The van der Waals surface area contributed by atoms with Gasteiger partial charge in [-0.3, -0.25) is 4.79 Å². The number of anilines is 1. The lowest BCUT2D eigenvalue weighted by molar-refractivity contribution is -0.118. The summed E-state index contributed by atoms with van der Waals surface area (Å²) in [6, 6.07) is 8.41. The van der Waals surface area contributed by atoms with Crippen molar-refractivity contribution in [3.63, 3.8) is 0 Å². The lowest BCUT2D eigenvalue weighted by Crippen LogP contribution is -2.35. The van der Waals surface area contributed by atoms with Crippen molar-refractivity contribution in [2.75, 3.05) is 5.32 Å². The van der Waals surface area contributed by atoms with Gasteiger partial charge in [0.05, 0.1) is 6.04 Å². The number of fused-ring (bicyclic) bond motifs is 2. The maximum absolute atomic E-state index is 11.6. The molecule has 1 fully saturated rings. The maximum atomic E-state index is 11.6. The highest BCUT2D eigenvalue weighted by molar-refractivity contribution is 5.90. The van der Waals surface area contributed by atoms with E-state index in [2.05, 4.69) is 23.5 Å². The molecule has 1 aromatic rings. The first-order chi connectivity index (χ1) is 6.84. The van der Waals surface area contributed by atoms with E-state index in [-0.39, 0.29) is 6.04 Å². The molecule has 0 radical (unpaired) electrons. The Morgan fingerprint density at radius 1 is 1.29 bits per heavy atom. The Morgan fingerprint density at radius 2 is 2.14 bits per heavy atom. The van der Waals surface area contributed by atoms with Gasteiger partial charge in [0.25, 0.3) is 0 Å². The summed E-state index contributed by atoms with van der Waals surface area (Å²) in [6.45, 7) is 0. The van der Waals surface area contributed by atoms with E-state index in [1.807, 2.05) is 6.07 Å². The number of benzene rings is 1. The summed E-state index contributed by atoms with van der Waals surface area (Å²) in [4.78, 5) is 11.6. The van der Waals surface area contributed by atoms with E-state index in [4.69, 9.17) is 0 Å². The van der Waals surface area contributed by atoms with Crippen LogP contribution in [-0.2, 0) is 11.2 Å². The smallest absolute Gasteiger partial charge is 0.155 e. The Bertz CT molecular complexity index is 386. The third kappa shape index (κ3) is 1.07. The predicted molar refractivity (Wildman–Crippen MR) is 55.3 cm³/mol. The van der Waals surface area contributed by atoms with Gasteiger partial charge in [-0.15, -0.1) is 0 Å². The van der Waals surface area contributed by atoms with Crippen LogP contribution in [0.5, 0.6) is 0 Å². The van der Waals surface area contributed by atoms with Gasteiger partial charge in [-0.25, -0.2) is 0 Å². The van der Waals surface area contributed by atoms with Crippen LogP contribution in [0.15, 0.2) is 24.3 Å². The highest BCUT2D eigenvalue weighted by Gasteiger charge is 2.37. The Morgan fingerprint density at radius 3 is 3.07 bits per heavy atom. The van der Waals surface area contributed by atoms with Gasteiger partial charge >= 0.3 is 0 Å². The predicted octanol–water partition coefficient (Wildman–Crippen LogP) is 2.00. The summed E-state index contributed by atoms with van der Waals surface area (Å²) >= 11 is 0. The molecule has 1 saturated carbocycles. The van der Waals surface area contributed by atoms with Crippen molar-refractivity contribution >= 4 is 11.5 Å². The summed E-state index contributed by atoms with van der Waals surface area (Å²) in [5.74, 6) is 0.932. The number of nitrogens with one attached hydrogen (secondary N) is 1. The molecule has 0 aromatic heterocycles. The first-order valence-electron chi connectivity index (χ1n) is 5.22. The molecule has 72 valence electrons. The largest absolute Gasteiger partial charge is 0.375 e. The fourth-order valence-electron chi connectivity index (χ4n) is 2.62. The first kappa shape index (κ1) is 8.04. The topological polar surface area (TPSA) is 29.1 Å². The zero-order chi connectivity index (χ0) is 9.54. The fraction of sp³-hybridized carbons (Fsp3) is 0.417. The molecule has 2 atom stereocenters. The normalized spacial score (nSPS) is 29.3. The molecule has 0 amide bonds. The van der Waals surface area contributed by atoms with Crippen LogP contribution in [-0.4, -0.2) is 11.8 Å². The molecule has 14 heavy (non-hydrogen) atoms. The van der Waals surface area contributed by atoms with Gasteiger partial charge in [0.15, 0.2) is 5.78 Å². The number of carbonyl (C=O) groups excluding carboxylic acids is 1. The summed E-state index contributed by atoms with van der Waals surface area (Å²) in [6.07, 6.45) is 2.89. The molecule has 2 heteroatoms. The molecule has 0 spiro atoms. The first-order valence-corrected chi connectivity index (χ1v) is 5.22. The van der Waals surface area contributed by atoms with Crippen molar-refractivity contribution in [2.24, 2.45) is 5.92 Å². The van der Waals surface area contributed by atoms with Gasteiger partial charge in [-0.2, -0.15) is 0 Å². The number of para-hydroxylation sites is 1. The summed E-state index contributed by atoms with van der Waals surface area (Å²) in [7, 11) is 0. The third-order valence-electron chi connectivity index (χ3n) is 3.39.